The zero-order chi connectivity index (χ0) is 12.5. The minimum absolute atomic E-state index is 1.07. The fraction of sp³-hybridized carbons (Fsp3) is 0.714. The van der Waals surface area contributed by atoms with E-state index in [1.165, 1.54) is 24.8 Å². The summed E-state index contributed by atoms with van der Waals surface area (Å²) in [4.78, 5) is 11.0. The molecule has 0 unspecified atom stereocenters. The van der Waals surface area contributed by atoms with Crippen LogP contribution < -0.4 is 4.90 Å². The Balaban J connectivity index is 2.83. The van der Waals surface area contributed by atoms with Crippen molar-refractivity contribution < 1.29 is 0 Å². The topological polar surface area (TPSA) is 29.0 Å². The molecule has 0 amide bonds. The molecule has 0 spiro atoms. The Labute approximate surface area is 105 Å². The molecule has 0 N–H and O–H groups in total. The standard InChI is InChI=1S/C14H25N3/c1-4-7-10-17(9-6-3)14-13(8-5-2)11-15-12-16-14/h11-12H,4-10H2,1-3H3. The molecule has 3 heteroatoms. The first-order valence-electron chi connectivity index (χ1n) is 6.87. The highest BCUT2D eigenvalue weighted by molar-refractivity contribution is 5.45. The quantitative estimate of drug-likeness (QED) is 0.691. The van der Waals surface area contributed by atoms with Crippen LogP contribution >= 0.6 is 0 Å². The summed E-state index contributed by atoms with van der Waals surface area (Å²) >= 11 is 0. The molecule has 0 saturated heterocycles. The van der Waals surface area contributed by atoms with Crippen LogP contribution in [0.25, 0.3) is 0 Å². The third-order valence-corrected chi connectivity index (χ3v) is 2.86. The number of nitrogens with zero attached hydrogens (tertiary/aromatic N) is 3. The second-order valence-corrected chi connectivity index (χ2v) is 4.46. The average molecular weight is 235 g/mol. The highest BCUT2D eigenvalue weighted by Crippen LogP contribution is 2.18. The Bertz CT molecular complexity index is 312. The van der Waals surface area contributed by atoms with Crippen LogP contribution in [-0.2, 0) is 6.42 Å². The van der Waals surface area contributed by atoms with Crippen LogP contribution in [0.1, 0.15) is 52.0 Å². The predicted octanol–water partition coefficient (Wildman–Crippen LogP) is 3.45. The maximum atomic E-state index is 4.48. The van der Waals surface area contributed by atoms with Crippen LogP contribution in [0.15, 0.2) is 12.5 Å². The van der Waals surface area contributed by atoms with Crippen molar-refractivity contribution >= 4 is 5.82 Å². The third-order valence-electron chi connectivity index (χ3n) is 2.86. The van der Waals surface area contributed by atoms with Gasteiger partial charge in [-0.3, -0.25) is 0 Å². The fourth-order valence-corrected chi connectivity index (χ4v) is 2.02. The van der Waals surface area contributed by atoms with Crippen LogP contribution in [0.4, 0.5) is 5.82 Å². The molecule has 1 aromatic heterocycles. The van der Waals surface area contributed by atoms with Gasteiger partial charge in [-0.05, 0) is 19.3 Å². The molecule has 0 atom stereocenters. The summed E-state index contributed by atoms with van der Waals surface area (Å²) in [7, 11) is 0. The number of hydrogen-bond acceptors (Lipinski definition) is 3. The normalized spacial score (nSPS) is 10.5. The smallest absolute Gasteiger partial charge is 0.135 e. The van der Waals surface area contributed by atoms with E-state index in [4.69, 9.17) is 0 Å². The van der Waals surface area contributed by atoms with Gasteiger partial charge in [-0.25, -0.2) is 9.97 Å². The number of aromatic nitrogens is 2. The molecule has 0 aromatic carbocycles. The van der Waals surface area contributed by atoms with E-state index in [2.05, 4.69) is 35.6 Å². The molecule has 1 aromatic rings. The van der Waals surface area contributed by atoms with Crippen LogP contribution in [0.2, 0.25) is 0 Å². The molecule has 0 radical (unpaired) electrons. The maximum absolute atomic E-state index is 4.48. The SMILES string of the molecule is CCCCN(CCC)c1ncncc1CCC. The highest BCUT2D eigenvalue weighted by Gasteiger charge is 2.11. The van der Waals surface area contributed by atoms with E-state index in [1.807, 2.05) is 6.20 Å². The van der Waals surface area contributed by atoms with Gasteiger partial charge in [0.05, 0.1) is 0 Å². The van der Waals surface area contributed by atoms with Crippen molar-refractivity contribution in [1.29, 1.82) is 0 Å². The second kappa shape index (κ2) is 8.04. The molecule has 0 aliphatic carbocycles. The first kappa shape index (κ1) is 13.9. The lowest BCUT2D eigenvalue weighted by Gasteiger charge is -2.25. The van der Waals surface area contributed by atoms with E-state index >= 15 is 0 Å². The van der Waals surface area contributed by atoms with Gasteiger partial charge in [0.2, 0.25) is 0 Å². The van der Waals surface area contributed by atoms with Crippen LogP contribution in [0, 0.1) is 0 Å². The number of unbranched alkanes of at least 4 members (excludes halogenated alkanes) is 1. The van der Waals surface area contributed by atoms with Gasteiger partial charge < -0.3 is 4.90 Å². The summed E-state index contributed by atoms with van der Waals surface area (Å²) in [6.45, 7) is 8.86. The molecule has 0 fully saturated rings. The zero-order valence-electron chi connectivity index (χ0n) is 11.4. The lowest BCUT2D eigenvalue weighted by atomic mass is 10.1. The molecule has 0 saturated carbocycles. The first-order valence-corrected chi connectivity index (χ1v) is 6.87. The summed E-state index contributed by atoms with van der Waals surface area (Å²) in [6.07, 6.45) is 9.49. The molecule has 0 aliphatic rings. The number of anilines is 1. The Hall–Kier alpha value is -1.12. The molecule has 17 heavy (non-hydrogen) atoms. The number of rotatable bonds is 8. The minimum atomic E-state index is 1.07. The minimum Gasteiger partial charge on any atom is -0.356 e. The first-order chi connectivity index (χ1) is 8.33. The van der Waals surface area contributed by atoms with Crippen molar-refractivity contribution in [2.24, 2.45) is 0 Å². The van der Waals surface area contributed by atoms with Crippen molar-refractivity contribution in [1.82, 2.24) is 9.97 Å². The Morgan fingerprint density at radius 3 is 2.53 bits per heavy atom. The maximum Gasteiger partial charge on any atom is 0.135 e. The number of aryl methyl sites for hydroxylation is 1. The van der Waals surface area contributed by atoms with Gasteiger partial charge in [-0.1, -0.05) is 33.6 Å². The van der Waals surface area contributed by atoms with Crippen molar-refractivity contribution in [2.75, 3.05) is 18.0 Å². The van der Waals surface area contributed by atoms with E-state index in [0.717, 1.165) is 31.7 Å². The van der Waals surface area contributed by atoms with Gasteiger partial charge in [0.15, 0.2) is 0 Å². The van der Waals surface area contributed by atoms with Crippen LogP contribution in [0.5, 0.6) is 0 Å². The number of hydrogen-bond donors (Lipinski definition) is 0. The van der Waals surface area contributed by atoms with E-state index < -0.39 is 0 Å². The fourth-order valence-electron chi connectivity index (χ4n) is 2.02. The van der Waals surface area contributed by atoms with Gasteiger partial charge in [-0.2, -0.15) is 0 Å². The summed E-state index contributed by atoms with van der Waals surface area (Å²) in [6, 6.07) is 0. The Morgan fingerprint density at radius 1 is 1.06 bits per heavy atom. The summed E-state index contributed by atoms with van der Waals surface area (Å²) in [5.41, 5.74) is 1.29. The van der Waals surface area contributed by atoms with E-state index in [1.54, 1.807) is 6.33 Å². The molecule has 3 nitrogen and oxygen atoms in total. The molecular weight excluding hydrogens is 210 g/mol. The third kappa shape index (κ3) is 4.33. The molecule has 1 rings (SSSR count). The Morgan fingerprint density at radius 2 is 1.88 bits per heavy atom. The monoisotopic (exact) mass is 235 g/mol. The average Bonchev–Trinajstić information content (AvgIpc) is 2.36. The van der Waals surface area contributed by atoms with Crippen molar-refractivity contribution in [2.45, 2.75) is 52.9 Å². The van der Waals surface area contributed by atoms with E-state index in [9.17, 15) is 0 Å². The lowest BCUT2D eigenvalue weighted by Crippen LogP contribution is -2.27. The summed E-state index contributed by atoms with van der Waals surface area (Å²) < 4.78 is 0. The zero-order valence-corrected chi connectivity index (χ0v) is 11.4. The predicted molar refractivity (Wildman–Crippen MR) is 73.4 cm³/mol. The van der Waals surface area contributed by atoms with Gasteiger partial charge >= 0.3 is 0 Å². The van der Waals surface area contributed by atoms with Crippen molar-refractivity contribution in [3.63, 3.8) is 0 Å². The van der Waals surface area contributed by atoms with Gasteiger partial charge in [0.25, 0.3) is 0 Å². The van der Waals surface area contributed by atoms with Gasteiger partial charge in [-0.15, -0.1) is 0 Å². The molecular formula is C14H25N3. The lowest BCUT2D eigenvalue weighted by molar-refractivity contribution is 0.689. The van der Waals surface area contributed by atoms with Crippen LogP contribution in [0.3, 0.4) is 0 Å². The highest BCUT2D eigenvalue weighted by atomic mass is 15.2. The van der Waals surface area contributed by atoms with Gasteiger partial charge in [0, 0.05) is 24.8 Å². The van der Waals surface area contributed by atoms with E-state index in [-0.39, 0.29) is 0 Å². The van der Waals surface area contributed by atoms with Crippen molar-refractivity contribution in [3.05, 3.63) is 18.1 Å². The summed E-state index contributed by atoms with van der Waals surface area (Å²) in [5.74, 6) is 1.15. The van der Waals surface area contributed by atoms with Crippen molar-refractivity contribution in [3.8, 4) is 0 Å². The largest absolute Gasteiger partial charge is 0.356 e. The molecule has 0 aliphatic heterocycles. The summed E-state index contributed by atoms with van der Waals surface area (Å²) in [5, 5.41) is 0. The van der Waals surface area contributed by atoms with Crippen LogP contribution in [-0.4, -0.2) is 23.1 Å². The molecule has 0 bridgehead atoms. The molecule has 96 valence electrons. The second-order valence-electron chi connectivity index (χ2n) is 4.46. The van der Waals surface area contributed by atoms with Gasteiger partial charge in [0.1, 0.15) is 12.1 Å². The van der Waals surface area contributed by atoms with E-state index in [0.29, 0.717) is 0 Å². The molecule has 1 heterocycles. The Kier molecular flexibility index (Phi) is 6.60.